The summed E-state index contributed by atoms with van der Waals surface area (Å²) in [5.41, 5.74) is 6.42. The molecule has 0 amide bonds. The van der Waals surface area contributed by atoms with Crippen LogP contribution in [0.25, 0.3) is 0 Å². The number of aliphatic hydroxyl groups is 2. The molecule has 2 aromatic carbocycles. The molecule has 0 heterocycles. The lowest BCUT2D eigenvalue weighted by molar-refractivity contribution is -0.139. The lowest BCUT2D eigenvalue weighted by Crippen LogP contribution is -2.47. The van der Waals surface area contributed by atoms with Crippen molar-refractivity contribution in [2.24, 2.45) is 5.73 Å². The number of benzene rings is 2. The number of aliphatic hydroxyl groups excluding tert-OH is 2. The van der Waals surface area contributed by atoms with Gasteiger partial charge in [-0.2, -0.15) is 13.2 Å². The first-order chi connectivity index (χ1) is 13.7. The summed E-state index contributed by atoms with van der Waals surface area (Å²) in [5, 5.41) is 18.4. The number of ether oxygens (including phenoxy) is 1. The molecular formula is C22H28F3NO3. The molecule has 0 saturated carbocycles. The van der Waals surface area contributed by atoms with Gasteiger partial charge in [0.2, 0.25) is 0 Å². The van der Waals surface area contributed by atoms with E-state index in [0.717, 1.165) is 23.6 Å². The van der Waals surface area contributed by atoms with Gasteiger partial charge in [-0.15, -0.1) is 0 Å². The maximum Gasteiger partial charge on any atom is 0.419 e. The Balaban J connectivity index is 2.01. The number of rotatable bonds is 10. The Bertz CT molecular complexity index is 789. The number of hydrogen-bond donors (Lipinski definition) is 3. The van der Waals surface area contributed by atoms with Crippen LogP contribution in [0.2, 0.25) is 0 Å². The fourth-order valence-electron chi connectivity index (χ4n) is 3.01. The monoisotopic (exact) mass is 411 g/mol. The smallest absolute Gasteiger partial charge is 0.419 e. The molecule has 0 aliphatic rings. The van der Waals surface area contributed by atoms with E-state index in [1.165, 1.54) is 6.07 Å². The molecule has 0 unspecified atom stereocenters. The van der Waals surface area contributed by atoms with Crippen LogP contribution >= 0.6 is 0 Å². The minimum absolute atomic E-state index is 0.161. The molecule has 29 heavy (non-hydrogen) atoms. The van der Waals surface area contributed by atoms with Crippen molar-refractivity contribution in [1.29, 1.82) is 0 Å². The molecule has 0 fully saturated rings. The zero-order chi connectivity index (χ0) is 21.5. The number of nitrogens with two attached hydrogens (primary N) is 1. The zero-order valence-electron chi connectivity index (χ0n) is 16.5. The van der Waals surface area contributed by atoms with Gasteiger partial charge in [0, 0.05) is 0 Å². The summed E-state index contributed by atoms with van der Waals surface area (Å²) < 4.78 is 45.8. The molecule has 160 valence electrons. The van der Waals surface area contributed by atoms with E-state index in [9.17, 15) is 23.4 Å². The highest BCUT2D eigenvalue weighted by atomic mass is 19.4. The van der Waals surface area contributed by atoms with Crippen LogP contribution in [0.5, 0.6) is 5.75 Å². The maximum absolute atomic E-state index is 13.5. The SMILES string of the molecule is Cc1cccc(CCCOc2ccc(CCC(N)(CO)CO)cc2C(F)(F)F)c1. The first-order valence-corrected chi connectivity index (χ1v) is 9.56. The number of alkyl halides is 3. The lowest BCUT2D eigenvalue weighted by atomic mass is 9.93. The van der Waals surface area contributed by atoms with Gasteiger partial charge in [0.05, 0.1) is 30.9 Å². The summed E-state index contributed by atoms with van der Waals surface area (Å²) in [5.74, 6) is -0.200. The second-order valence-electron chi connectivity index (χ2n) is 7.45. The third-order valence-corrected chi connectivity index (χ3v) is 4.84. The first kappa shape index (κ1) is 23.2. The summed E-state index contributed by atoms with van der Waals surface area (Å²) in [4.78, 5) is 0. The molecule has 2 aromatic rings. The van der Waals surface area contributed by atoms with Crippen LogP contribution in [0.3, 0.4) is 0 Å². The minimum Gasteiger partial charge on any atom is -0.493 e. The summed E-state index contributed by atoms with van der Waals surface area (Å²) >= 11 is 0. The molecule has 2 rings (SSSR count). The van der Waals surface area contributed by atoms with Gasteiger partial charge in [0.25, 0.3) is 0 Å². The number of hydrogen-bond acceptors (Lipinski definition) is 4. The van der Waals surface area contributed by atoms with Gasteiger partial charge in [-0.25, -0.2) is 0 Å². The Morgan fingerprint density at radius 1 is 0.966 bits per heavy atom. The summed E-state index contributed by atoms with van der Waals surface area (Å²) in [6, 6.07) is 11.9. The quantitative estimate of drug-likeness (QED) is 0.522. The van der Waals surface area contributed by atoms with Crippen LogP contribution in [0.15, 0.2) is 42.5 Å². The van der Waals surface area contributed by atoms with Crippen molar-refractivity contribution in [2.75, 3.05) is 19.8 Å². The fourth-order valence-corrected chi connectivity index (χ4v) is 3.01. The molecule has 0 bridgehead atoms. The molecule has 0 aliphatic carbocycles. The molecule has 0 aromatic heterocycles. The van der Waals surface area contributed by atoms with Gasteiger partial charge in [-0.1, -0.05) is 35.9 Å². The van der Waals surface area contributed by atoms with Crippen LogP contribution < -0.4 is 10.5 Å². The van der Waals surface area contributed by atoms with E-state index in [4.69, 9.17) is 10.5 Å². The lowest BCUT2D eigenvalue weighted by Gasteiger charge is -2.24. The molecule has 0 spiro atoms. The van der Waals surface area contributed by atoms with Crippen LogP contribution in [0.1, 0.15) is 35.1 Å². The third-order valence-electron chi connectivity index (χ3n) is 4.84. The topological polar surface area (TPSA) is 75.7 Å². The van der Waals surface area contributed by atoms with Gasteiger partial charge in [-0.05, 0) is 55.9 Å². The van der Waals surface area contributed by atoms with Crippen molar-refractivity contribution in [2.45, 2.75) is 44.3 Å². The predicted molar refractivity (Wildman–Crippen MR) is 106 cm³/mol. The normalized spacial score (nSPS) is 12.2. The molecule has 4 N–H and O–H groups in total. The highest BCUT2D eigenvalue weighted by Crippen LogP contribution is 2.37. The highest BCUT2D eigenvalue weighted by molar-refractivity contribution is 5.39. The molecule has 0 atom stereocenters. The van der Waals surface area contributed by atoms with Gasteiger partial charge in [-0.3, -0.25) is 0 Å². The summed E-state index contributed by atoms with van der Waals surface area (Å²) in [7, 11) is 0. The molecule has 0 aliphatic heterocycles. The Morgan fingerprint density at radius 3 is 2.28 bits per heavy atom. The van der Waals surface area contributed by atoms with Crippen LogP contribution in [0, 0.1) is 6.92 Å². The standard InChI is InChI=1S/C22H28F3NO3/c1-16-4-2-5-17(12-16)6-3-11-29-20-8-7-18(13-19(20)22(23,24)25)9-10-21(26,14-27)15-28/h2,4-5,7-8,12-13,27-28H,3,6,9-11,14-15,26H2,1H3. The Labute approximate surface area is 169 Å². The average molecular weight is 411 g/mol. The molecule has 4 nitrogen and oxygen atoms in total. The maximum atomic E-state index is 13.5. The van der Waals surface area contributed by atoms with Crippen molar-refractivity contribution in [3.63, 3.8) is 0 Å². The molecule has 7 heteroatoms. The Hall–Kier alpha value is -2.09. The van der Waals surface area contributed by atoms with E-state index < -0.39 is 30.5 Å². The number of halogens is 3. The number of aryl methyl sites for hydroxylation is 3. The van der Waals surface area contributed by atoms with Gasteiger partial charge < -0.3 is 20.7 Å². The Morgan fingerprint density at radius 2 is 1.66 bits per heavy atom. The van der Waals surface area contributed by atoms with Crippen LogP contribution in [0.4, 0.5) is 13.2 Å². The molecule has 0 saturated heterocycles. The highest BCUT2D eigenvalue weighted by Gasteiger charge is 2.35. The second-order valence-corrected chi connectivity index (χ2v) is 7.45. The van der Waals surface area contributed by atoms with Gasteiger partial charge in [0.1, 0.15) is 5.75 Å². The van der Waals surface area contributed by atoms with Crippen molar-refractivity contribution in [3.8, 4) is 5.75 Å². The Kier molecular flexibility index (Phi) is 8.07. The van der Waals surface area contributed by atoms with Crippen molar-refractivity contribution >= 4 is 0 Å². The predicted octanol–water partition coefficient (Wildman–Crippen LogP) is 3.64. The average Bonchev–Trinajstić information content (AvgIpc) is 2.69. The third kappa shape index (κ3) is 7.03. The first-order valence-electron chi connectivity index (χ1n) is 9.56. The van der Waals surface area contributed by atoms with Crippen LogP contribution in [-0.4, -0.2) is 35.6 Å². The summed E-state index contributed by atoms with van der Waals surface area (Å²) in [6.45, 7) is 1.28. The van der Waals surface area contributed by atoms with E-state index in [1.807, 2.05) is 31.2 Å². The van der Waals surface area contributed by atoms with Crippen molar-refractivity contribution in [3.05, 3.63) is 64.7 Å². The van der Waals surface area contributed by atoms with E-state index in [0.29, 0.717) is 12.0 Å². The minimum atomic E-state index is -4.55. The second kappa shape index (κ2) is 10.1. The molecular weight excluding hydrogens is 383 g/mol. The van der Waals surface area contributed by atoms with E-state index >= 15 is 0 Å². The molecule has 0 radical (unpaired) electrons. The van der Waals surface area contributed by atoms with Crippen molar-refractivity contribution in [1.82, 2.24) is 0 Å². The summed E-state index contributed by atoms with van der Waals surface area (Å²) in [6.07, 6.45) is -2.86. The van der Waals surface area contributed by atoms with Crippen LogP contribution in [-0.2, 0) is 19.0 Å². The van der Waals surface area contributed by atoms with Gasteiger partial charge >= 0.3 is 6.18 Å². The van der Waals surface area contributed by atoms with E-state index in [-0.39, 0.29) is 25.2 Å². The van der Waals surface area contributed by atoms with E-state index in [2.05, 4.69) is 0 Å². The van der Waals surface area contributed by atoms with Gasteiger partial charge in [0.15, 0.2) is 0 Å². The zero-order valence-corrected chi connectivity index (χ0v) is 16.5. The fraction of sp³-hybridized carbons (Fsp3) is 0.455. The van der Waals surface area contributed by atoms with E-state index in [1.54, 1.807) is 6.07 Å². The largest absolute Gasteiger partial charge is 0.493 e. The van der Waals surface area contributed by atoms with Crippen molar-refractivity contribution < 1.29 is 28.1 Å².